The maximum Gasteiger partial charge on any atom is 0.322 e. The molecule has 0 aliphatic carbocycles. The molecule has 0 radical (unpaired) electrons. The Morgan fingerprint density at radius 1 is 1.18 bits per heavy atom. The first kappa shape index (κ1) is 22.5. The highest BCUT2D eigenvalue weighted by Gasteiger charge is 2.27. The lowest BCUT2D eigenvalue weighted by Crippen LogP contribution is -2.33. The minimum atomic E-state index is -1.18. The summed E-state index contributed by atoms with van der Waals surface area (Å²) >= 11 is 0. The van der Waals surface area contributed by atoms with Crippen LogP contribution in [0, 0.1) is 0 Å². The number of carboxylic acid groups (broad SMARTS) is 3. The second kappa shape index (κ2) is 11.8. The summed E-state index contributed by atoms with van der Waals surface area (Å²) in [6.45, 7) is 1.31. The summed E-state index contributed by atoms with van der Waals surface area (Å²) in [5, 5.41) is 43.6. The number of aliphatic carboxylic acids is 3. The molecule has 130 valence electrons. The summed E-state index contributed by atoms with van der Waals surface area (Å²) in [5.41, 5.74) is 9.60. The van der Waals surface area contributed by atoms with Gasteiger partial charge in [0.2, 0.25) is 0 Å². The molecule has 0 saturated carbocycles. The first-order valence-electron chi connectivity index (χ1n) is 6.24. The van der Waals surface area contributed by atoms with Gasteiger partial charge in [0.15, 0.2) is 0 Å². The summed E-state index contributed by atoms with van der Waals surface area (Å²) in [6, 6.07) is -2.40. The lowest BCUT2D eigenvalue weighted by Gasteiger charge is -1.99. The fourth-order valence-corrected chi connectivity index (χ4v) is 0.983. The van der Waals surface area contributed by atoms with Gasteiger partial charge in [-0.15, -0.1) is 0 Å². The molecule has 1 unspecified atom stereocenters. The predicted molar refractivity (Wildman–Crippen MR) is 74.0 cm³/mol. The fraction of sp³-hybridized carbons (Fsp3) is 0.727. The van der Waals surface area contributed by atoms with Crippen LogP contribution >= 0.6 is 0 Å². The summed E-state index contributed by atoms with van der Waals surface area (Å²) in [5.74, 6) is -3.02. The molecule has 0 aromatic carbocycles. The average molecular weight is 325 g/mol. The maximum atomic E-state index is 10.2. The molecule has 4 atom stereocenters. The second-order valence-electron chi connectivity index (χ2n) is 4.44. The van der Waals surface area contributed by atoms with Gasteiger partial charge in [0.1, 0.15) is 18.1 Å². The molecule has 1 rings (SSSR count). The quantitative estimate of drug-likeness (QED) is 0.255. The summed E-state index contributed by atoms with van der Waals surface area (Å²) in [4.78, 5) is 29.4. The van der Waals surface area contributed by atoms with E-state index < -0.39 is 48.7 Å². The second-order valence-corrected chi connectivity index (χ2v) is 4.44. The standard InChI is InChI=1S/C5H9NO3.C3H7NO3.C3H7NO2/c7-3-1-4(5(8)9)6-2-3;4-2(1-5)3(6)7;1-2(4)3(5)6/h3-4,6-7H,1-2H2,(H,8,9);2,5H,1,4H2,(H,6,7);2H,4H2,1H3,(H,5,6)/t3?,4-;2*2-/m000/s1. The number of carbonyl (C=O) groups is 3. The zero-order chi connectivity index (χ0) is 17.9. The molecule has 22 heavy (non-hydrogen) atoms. The van der Waals surface area contributed by atoms with Crippen LogP contribution in [0.3, 0.4) is 0 Å². The van der Waals surface area contributed by atoms with Crippen LogP contribution < -0.4 is 16.8 Å². The number of nitrogens with two attached hydrogens (primary N) is 2. The minimum absolute atomic E-state index is 0.329. The van der Waals surface area contributed by atoms with E-state index in [0.29, 0.717) is 13.0 Å². The van der Waals surface area contributed by atoms with Crippen LogP contribution in [0.5, 0.6) is 0 Å². The minimum Gasteiger partial charge on any atom is -0.480 e. The Balaban J connectivity index is 0. The van der Waals surface area contributed by atoms with Crippen molar-refractivity contribution < 1.29 is 39.9 Å². The highest BCUT2D eigenvalue weighted by molar-refractivity contribution is 5.74. The van der Waals surface area contributed by atoms with E-state index in [1.54, 1.807) is 0 Å². The summed E-state index contributed by atoms with van der Waals surface area (Å²) in [7, 11) is 0. The van der Waals surface area contributed by atoms with Gasteiger partial charge in [0, 0.05) is 13.0 Å². The van der Waals surface area contributed by atoms with Crippen LogP contribution in [0.2, 0.25) is 0 Å². The Kier molecular flexibility index (Phi) is 12.1. The third kappa shape index (κ3) is 12.0. The number of hydrogen-bond acceptors (Lipinski definition) is 8. The van der Waals surface area contributed by atoms with Crippen molar-refractivity contribution in [3.63, 3.8) is 0 Å². The zero-order valence-corrected chi connectivity index (χ0v) is 12.0. The van der Waals surface area contributed by atoms with Crippen molar-refractivity contribution >= 4 is 17.9 Å². The lowest BCUT2D eigenvalue weighted by molar-refractivity contribution is -0.140. The molecule has 1 heterocycles. The number of hydrogen-bond donors (Lipinski definition) is 8. The number of β-amino-alcohol motifs (C(OH)–C–C–N with tert-alkyl or cyclic N) is 1. The van der Waals surface area contributed by atoms with Gasteiger partial charge in [-0.3, -0.25) is 14.4 Å². The van der Waals surface area contributed by atoms with Crippen LogP contribution in [0.15, 0.2) is 0 Å². The third-order valence-corrected chi connectivity index (χ3v) is 2.31. The van der Waals surface area contributed by atoms with Gasteiger partial charge in [-0.2, -0.15) is 0 Å². The van der Waals surface area contributed by atoms with E-state index in [0.717, 1.165) is 0 Å². The molecule has 10 N–H and O–H groups in total. The molecule has 1 aliphatic heterocycles. The van der Waals surface area contributed by atoms with Gasteiger partial charge < -0.3 is 42.3 Å². The molecule has 1 fully saturated rings. The molecule has 11 heteroatoms. The highest BCUT2D eigenvalue weighted by atomic mass is 16.4. The van der Waals surface area contributed by atoms with E-state index in [9.17, 15) is 14.4 Å². The fourth-order valence-electron chi connectivity index (χ4n) is 0.983. The third-order valence-electron chi connectivity index (χ3n) is 2.31. The van der Waals surface area contributed by atoms with Crippen molar-refractivity contribution in [3.8, 4) is 0 Å². The van der Waals surface area contributed by atoms with E-state index in [4.69, 9.17) is 37.0 Å². The normalized spacial score (nSPS) is 22.2. The number of carboxylic acids is 3. The molecule has 1 aliphatic rings. The van der Waals surface area contributed by atoms with Crippen molar-refractivity contribution in [2.24, 2.45) is 11.5 Å². The Labute approximate surface area is 126 Å². The SMILES string of the molecule is C[C@H](N)C(=O)O.N[C@@H](CO)C(=O)O.O=C(O)[C@@H]1CC(O)CN1. The maximum absolute atomic E-state index is 10.2. The average Bonchev–Trinajstić information content (AvgIpc) is 2.86. The summed E-state index contributed by atoms with van der Waals surface area (Å²) < 4.78 is 0. The van der Waals surface area contributed by atoms with Crippen molar-refractivity contribution in [1.82, 2.24) is 5.32 Å². The molecular formula is C11H23N3O8. The molecule has 1 saturated heterocycles. The molecule has 11 nitrogen and oxygen atoms in total. The molecule has 0 aromatic rings. The van der Waals surface area contributed by atoms with Crippen LogP contribution in [0.25, 0.3) is 0 Å². The van der Waals surface area contributed by atoms with E-state index in [1.807, 2.05) is 0 Å². The molecule has 0 bridgehead atoms. The molecular weight excluding hydrogens is 302 g/mol. The van der Waals surface area contributed by atoms with Gasteiger partial charge >= 0.3 is 17.9 Å². The van der Waals surface area contributed by atoms with Gasteiger partial charge in [-0.25, -0.2) is 0 Å². The number of aliphatic hydroxyl groups excluding tert-OH is 2. The Morgan fingerprint density at radius 3 is 1.73 bits per heavy atom. The number of rotatable bonds is 4. The first-order valence-corrected chi connectivity index (χ1v) is 6.24. The molecule has 0 amide bonds. The predicted octanol–water partition coefficient (Wildman–Crippen LogP) is -3.40. The smallest absolute Gasteiger partial charge is 0.322 e. The van der Waals surface area contributed by atoms with E-state index in [1.165, 1.54) is 6.92 Å². The monoisotopic (exact) mass is 325 g/mol. The van der Waals surface area contributed by atoms with E-state index >= 15 is 0 Å². The lowest BCUT2D eigenvalue weighted by atomic mass is 10.2. The largest absolute Gasteiger partial charge is 0.480 e. The van der Waals surface area contributed by atoms with Crippen molar-refractivity contribution in [2.75, 3.05) is 13.2 Å². The Hall–Kier alpha value is -1.79. The summed E-state index contributed by atoms with van der Waals surface area (Å²) in [6.07, 6.45) is -0.152. The van der Waals surface area contributed by atoms with Crippen LogP contribution in [-0.2, 0) is 14.4 Å². The van der Waals surface area contributed by atoms with Gasteiger partial charge in [-0.05, 0) is 6.92 Å². The molecule has 0 spiro atoms. The highest BCUT2D eigenvalue weighted by Crippen LogP contribution is 2.05. The van der Waals surface area contributed by atoms with Crippen molar-refractivity contribution in [1.29, 1.82) is 0 Å². The Bertz CT molecular complexity index is 363. The van der Waals surface area contributed by atoms with Crippen molar-refractivity contribution in [2.45, 2.75) is 37.6 Å². The van der Waals surface area contributed by atoms with Crippen LogP contribution in [-0.4, -0.2) is 80.8 Å². The topological polar surface area (TPSA) is 216 Å². The van der Waals surface area contributed by atoms with Crippen LogP contribution in [0.1, 0.15) is 13.3 Å². The number of aliphatic hydroxyl groups is 2. The van der Waals surface area contributed by atoms with Gasteiger partial charge in [-0.1, -0.05) is 0 Å². The van der Waals surface area contributed by atoms with E-state index in [-0.39, 0.29) is 0 Å². The van der Waals surface area contributed by atoms with Crippen molar-refractivity contribution in [3.05, 3.63) is 0 Å². The molecule has 0 aromatic heterocycles. The number of nitrogens with one attached hydrogen (secondary N) is 1. The zero-order valence-electron chi connectivity index (χ0n) is 12.0. The van der Waals surface area contributed by atoms with E-state index in [2.05, 4.69) is 5.32 Å². The first-order chi connectivity index (χ1) is 10.0. The van der Waals surface area contributed by atoms with Crippen LogP contribution in [0.4, 0.5) is 0 Å². The Morgan fingerprint density at radius 2 is 1.64 bits per heavy atom. The van der Waals surface area contributed by atoms with Gasteiger partial charge in [0.05, 0.1) is 12.7 Å². The van der Waals surface area contributed by atoms with Gasteiger partial charge in [0.25, 0.3) is 0 Å².